The van der Waals surface area contributed by atoms with Crippen LogP contribution in [0.3, 0.4) is 0 Å². The maximum absolute atomic E-state index is 13.6. The van der Waals surface area contributed by atoms with Crippen LogP contribution in [-0.4, -0.2) is 5.91 Å². The fourth-order valence-electron chi connectivity index (χ4n) is 1.97. The molecule has 1 amide bonds. The van der Waals surface area contributed by atoms with Gasteiger partial charge in [0.15, 0.2) is 0 Å². The SMILES string of the molecule is C[C@@H](CC(=O)Nc1ccc(Br)cc1F)c1ccccc1. The van der Waals surface area contributed by atoms with Gasteiger partial charge in [0.2, 0.25) is 5.91 Å². The molecule has 0 aliphatic carbocycles. The normalized spacial score (nSPS) is 11.9. The number of carbonyl (C=O) groups excluding carboxylic acids is 1. The number of rotatable bonds is 4. The van der Waals surface area contributed by atoms with Gasteiger partial charge in [-0.1, -0.05) is 53.2 Å². The molecule has 1 atom stereocenters. The number of amides is 1. The van der Waals surface area contributed by atoms with Crippen LogP contribution in [0.5, 0.6) is 0 Å². The lowest BCUT2D eigenvalue weighted by Gasteiger charge is -2.12. The molecule has 20 heavy (non-hydrogen) atoms. The fraction of sp³-hybridized carbons (Fsp3) is 0.188. The van der Waals surface area contributed by atoms with Crippen molar-refractivity contribution in [2.75, 3.05) is 5.32 Å². The number of anilines is 1. The lowest BCUT2D eigenvalue weighted by Crippen LogP contribution is -2.15. The Labute approximate surface area is 126 Å². The Kier molecular flexibility index (Phi) is 4.90. The summed E-state index contributed by atoms with van der Waals surface area (Å²) >= 11 is 3.18. The predicted molar refractivity (Wildman–Crippen MR) is 82.2 cm³/mol. The maximum atomic E-state index is 13.6. The lowest BCUT2D eigenvalue weighted by atomic mass is 9.97. The molecule has 2 nitrogen and oxygen atoms in total. The van der Waals surface area contributed by atoms with Crippen molar-refractivity contribution in [3.05, 3.63) is 64.4 Å². The average Bonchev–Trinajstić information content (AvgIpc) is 2.43. The van der Waals surface area contributed by atoms with E-state index >= 15 is 0 Å². The summed E-state index contributed by atoms with van der Waals surface area (Å²) in [5, 5.41) is 2.60. The van der Waals surface area contributed by atoms with Crippen molar-refractivity contribution in [2.24, 2.45) is 0 Å². The van der Waals surface area contributed by atoms with E-state index in [9.17, 15) is 9.18 Å². The van der Waals surface area contributed by atoms with Crippen LogP contribution in [-0.2, 0) is 4.79 Å². The van der Waals surface area contributed by atoms with Crippen molar-refractivity contribution in [2.45, 2.75) is 19.3 Å². The molecule has 0 aliphatic rings. The van der Waals surface area contributed by atoms with Crippen molar-refractivity contribution in [1.29, 1.82) is 0 Å². The van der Waals surface area contributed by atoms with E-state index in [-0.39, 0.29) is 17.5 Å². The van der Waals surface area contributed by atoms with Gasteiger partial charge in [0.25, 0.3) is 0 Å². The van der Waals surface area contributed by atoms with Crippen molar-refractivity contribution < 1.29 is 9.18 Å². The third kappa shape index (κ3) is 3.90. The van der Waals surface area contributed by atoms with E-state index in [1.807, 2.05) is 37.3 Å². The van der Waals surface area contributed by atoms with Crippen molar-refractivity contribution in [3.8, 4) is 0 Å². The van der Waals surface area contributed by atoms with Gasteiger partial charge in [-0.25, -0.2) is 4.39 Å². The van der Waals surface area contributed by atoms with Gasteiger partial charge in [0.1, 0.15) is 5.82 Å². The summed E-state index contributed by atoms with van der Waals surface area (Å²) in [5.74, 6) is -0.544. The first kappa shape index (κ1) is 14.7. The molecule has 2 aromatic rings. The summed E-state index contributed by atoms with van der Waals surface area (Å²) in [5.41, 5.74) is 1.30. The lowest BCUT2D eigenvalue weighted by molar-refractivity contribution is -0.116. The van der Waals surface area contributed by atoms with E-state index < -0.39 is 5.82 Å². The summed E-state index contributed by atoms with van der Waals surface area (Å²) in [6, 6.07) is 14.4. The Balaban J connectivity index is 1.99. The monoisotopic (exact) mass is 335 g/mol. The standard InChI is InChI=1S/C16H15BrFNO/c1-11(12-5-3-2-4-6-12)9-16(20)19-15-8-7-13(17)10-14(15)18/h2-8,10-11H,9H2,1H3,(H,19,20)/t11-/m0/s1. The van der Waals surface area contributed by atoms with Crippen LogP contribution in [0.25, 0.3) is 0 Å². The molecule has 0 fully saturated rings. The molecular weight excluding hydrogens is 321 g/mol. The zero-order valence-corrected chi connectivity index (χ0v) is 12.7. The van der Waals surface area contributed by atoms with Gasteiger partial charge in [-0.3, -0.25) is 4.79 Å². The minimum absolute atomic E-state index is 0.0923. The van der Waals surface area contributed by atoms with Crippen LogP contribution < -0.4 is 5.32 Å². The molecule has 0 aliphatic heterocycles. The molecule has 0 bridgehead atoms. The minimum atomic E-state index is -0.444. The first-order valence-corrected chi connectivity index (χ1v) is 7.15. The average molecular weight is 336 g/mol. The summed E-state index contributed by atoms with van der Waals surface area (Å²) in [4.78, 5) is 11.9. The van der Waals surface area contributed by atoms with Crippen LogP contribution in [0.2, 0.25) is 0 Å². The zero-order valence-electron chi connectivity index (χ0n) is 11.1. The molecule has 4 heteroatoms. The first-order chi connectivity index (χ1) is 9.56. The van der Waals surface area contributed by atoms with Crippen LogP contribution >= 0.6 is 15.9 Å². The molecule has 0 aromatic heterocycles. The fourth-order valence-corrected chi connectivity index (χ4v) is 2.30. The molecule has 2 rings (SSSR count). The second kappa shape index (κ2) is 6.66. The zero-order chi connectivity index (χ0) is 14.5. The molecule has 0 saturated heterocycles. The van der Waals surface area contributed by atoms with Crippen molar-refractivity contribution >= 4 is 27.5 Å². The van der Waals surface area contributed by atoms with Crippen molar-refractivity contribution in [3.63, 3.8) is 0 Å². The number of hydrogen-bond acceptors (Lipinski definition) is 1. The van der Waals surface area contributed by atoms with E-state index in [2.05, 4.69) is 21.2 Å². The van der Waals surface area contributed by atoms with E-state index in [0.29, 0.717) is 10.9 Å². The van der Waals surface area contributed by atoms with Crippen LogP contribution in [0, 0.1) is 5.82 Å². The van der Waals surface area contributed by atoms with Crippen LogP contribution in [0.1, 0.15) is 24.8 Å². The highest BCUT2D eigenvalue weighted by Crippen LogP contribution is 2.22. The molecule has 2 aromatic carbocycles. The number of nitrogens with one attached hydrogen (secondary N) is 1. The second-order valence-corrected chi connectivity index (χ2v) is 5.60. The summed E-state index contributed by atoms with van der Waals surface area (Å²) in [6.45, 7) is 1.98. The Morgan fingerprint density at radius 2 is 1.95 bits per heavy atom. The van der Waals surface area contributed by atoms with Crippen LogP contribution in [0.15, 0.2) is 53.0 Å². The third-order valence-corrected chi connectivity index (χ3v) is 3.56. The van der Waals surface area contributed by atoms with E-state index in [4.69, 9.17) is 0 Å². The topological polar surface area (TPSA) is 29.1 Å². The van der Waals surface area contributed by atoms with E-state index in [1.165, 1.54) is 6.07 Å². The number of carbonyl (C=O) groups is 1. The largest absolute Gasteiger partial charge is 0.324 e. The van der Waals surface area contributed by atoms with Crippen LogP contribution in [0.4, 0.5) is 10.1 Å². The van der Waals surface area contributed by atoms with E-state index in [0.717, 1.165) is 5.56 Å². The van der Waals surface area contributed by atoms with Gasteiger partial charge < -0.3 is 5.32 Å². The first-order valence-electron chi connectivity index (χ1n) is 6.36. The van der Waals surface area contributed by atoms with Gasteiger partial charge >= 0.3 is 0 Å². The summed E-state index contributed by atoms with van der Waals surface area (Å²) in [7, 11) is 0. The minimum Gasteiger partial charge on any atom is -0.324 e. The molecular formula is C16H15BrFNO. The molecule has 0 heterocycles. The Morgan fingerprint density at radius 1 is 1.25 bits per heavy atom. The van der Waals surface area contributed by atoms with Gasteiger partial charge in [-0.05, 0) is 29.7 Å². The Bertz CT molecular complexity index is 601. The van der Waals surface area contributed by atoms with Gasteiger partial charge in [0, 0.05) is 10.9 Å². The summed E-state index contributed by atoms with van der Waals surface area (Å²) in [6.07, 6.45) is 0.319. The molecule has 0 radical (unpaired) electrons. The highest BCUT2D eigenvalue weighted by Gasteiger charge is 2.12. The number of benzene rings is 2. The predicted octanol–water partition coefficient (Wildman–Crippen LogP) is 4.72. The molecule has 1 N–H and O–H groups in total. The highest BCUT2D eigenvalue weighted by atomic mass is 79.9. The molecule has 0 spiro atoms. The van der Waals surface area contributed by atoms with E-state index in [1.54, 1.807) is 12.1 Å². The smallest absolute Gasteiger partial charge is 0.225 e. The van der Waals surface area contributed by atoms with Gasteiger partial charge in [-0.2, -0.15) is 0 Å². The van der Waals surface area contributed by atoms with Gasteiger partial charge in [-0.15, -0.1) is 0 Å². The quantitative estimate of drug-likeness (QED) is 0.860. The molecule has 0 saturated carbocycles. The number of hydrogen-bond donors (Lipinski definition) is 1. The molecule has 0 unspecified atom stereocenters. The number of halogens is 2. The van der Waals surface area contributed by atoms with Gasteiger partial charge in [0.05, 0.1) is 5.69 Å². The van der Waals surface area contributed by atoms with Crippen molar-refractivity contribution in [1.82, 2.24) is 0 Å². The Morgan fingerprint density at radius 3 is 2.60 bits per heavy atom. The summed E-state index contributed by atoms with van der Waals surface area (Å²) < 4.78 is 14.3. The second-order valence-electron chi connectivity index (χ2n) is 4.69. The molecule has 104 valence electrons. The highest BCUT2D eigenvalue weighted by molar-refractivity contribution is 9.10. The third-order valence-electron chi connectivity index (χ3n) is 3.07. The maximum Gasteiger partial charge on any atom is 0.225 e. The Hall–Kier alpha value is -1.68.